The normalized spacial score (nSPS) is 11.3. The molecule has 0 aliphatic carbocycles. The lowest BCUT2D eigenvalue weighted by atomic mass is 10.0. The van der Waals surface area contributed by atoms with E-state index >= 15 is 0 Å². The van der Waals surface area contributed by atoms with Crippen LogP contribution in [0, 0.1) is 0 Å². The molecule has 3 aromatic rings. The quantitative estimate of drug-likeness (QED) is 0.719. The SMILES string of the molecule is O=S(=O)(Cc1ccccc1-c1ccccc1)c1ccccc1. The Labute approximate surface area is 131 Å². The Morgan fingerprint density at radius 2 is 1.18 bits per heavy atom. The zero-order valence-corrected chi connectivity index (χ0v) is 12.8. The lowest BCUT2D eigenvalue weighted by molar-refractivity contribution is 0.595. The first kappa shape index (κ1) is 14.5. The first-order valence-electron chi connectivity index (χ1n) is 7.08. The zero-order valence-electron chi connectivity index (χ0n) is 12.0. The van der Waals surface area contributed by atoms with Gasteiger partial charge in [-0.05, 0) is 28.8 Å². The maximum atomic E-state index is 12.6. The Kier molecular flexibility index (Phi) is 4.07. The molecule has 2 nitrogen and oxygen atoms in total. The Hall–Kier alpha value is -2.39. The van der Waals surface area contributed by atoms with Gasteiger partial charge in [-0.3, -0.25) is 0 Å². The molecule has 0 saturated carbocycles. The number of benzene rings is 3. The van der Waals surface area contributed by atoms with Gasteiger partial charge in [0, 0.05) is 0 Å². The first-order valence-corrected chi connectivity index (χ1v) is 8.73. The van der Waals surface area contributed by atoms with Gasteiger partial charge in [0.1, 0.15) is 0 Å². The second kappa shape index (κ2) is 6.16. The fourth-order valence-electron chi connectivity index (χ4n) is 2.46. The molecule has 0 saturated heterocycles. The zero-order chi connectivity index (χ0) is 15.4. The van der Waals surface area contributed by atoms with Gasteiger partial charge in [-0.2, -0.15) is 0 Å². The summed E-state index contributed by atoms with van der Waals surface area (Å²) in [7, 11) is -3.34. The van der Waals surface area contributed by atoms with E-state index in [1.807, 2.05) is 60.7 Å². The van der Waals surface area contributed by atoms with E-state index in [-0.39, 0.29) is 5.75 Å². The summed E-state index contributed by atoms with van der Waals surface area (Å²) in [5, 5.41) is 0. The molecular formula is C19H16O2S. The second-order valence-electron chi connectivity index (χ2n) is 5.10. The molecule has 0 radical (unpaired) electrons. The van der Waals surface area contributed by atoms with Crippen molar-refractivity contribution in [1.29, 1.82) is 0 Å². The highest BCUT2D eigenvalue weighted by molar-refractivity contribution is 7.90. The van der Waals surface area contributed by atoms with Gasteiger partial charge in [-0.1, -0.05) is 72.8 Å². The van der Waals surface area contributed by atoms with E-state index in [1.165, 1.54) is 0 Å². The fraction of sp³-hybridized carbons (Fsp3) is 0.0526. The van der Waals surface area contributed by atoms with Crippen molar-refractivity contribution in [3.8, 4) is 11.1 Å². The van der Waals surface area contributed by atoms with E-state index in [1.54, 1.807) is 24.3 Å². The van der Waals surface area contributed by atoms with Crippen LogP contribution in [0.3, 0.4) is 0 Å². The second-order valence-corrected chi connectivity index (χ2v) is 7.08. The average molecular weight is 308 g/mol. The van der Waals surface area contributed by atoms with Crippen molar-refractivity contribution in [2.45, 2.75) is 10.6 Å². The summed E-state index contributed by atoms with van der Waals surface area (Å²) in [6.07, 6.45) is 0. The standard InChI is InChI=1S/C19H16O2S/c20-22(21,18-12-5-2-6-13-18)15-17-11-7-8-14-19(17)16-9-3-1-4-10-16/h1-14H,15H2. The highest BCUT2D eigenvalue weighted by atomic mass is 32.2. The van der Waals surface area contributed by atoms with Gasteiger partial charge < -0.3 is 0 Å². The van der Waals surface area contributed by atoms with Crippen molar-refractivity contribution in [2.75, 3.05) is 0 Å². The van der Waals surface area contributed by atoms with Gasteiger partial charge in [0.25, 0.3) is 0 Å². The predicted molar refractivity (Wildman–Crippen MR) is 89.2 cm³/mol. The monoisotopic (exact) mass is 308 g/mol. The van der Waals surface area contributed by atoms with E-state index in [9.17, 15) is 8.42 Å². The maximum absolute atomic E-state index is 12.6. The van der Waals surface area contributed by atoms with Gasteiger partial charge in [-0.25, -0.2) is 8.42 Å². The van der Waals surface area contributed by atoms with Crippen molar-refractivity contribution in [1.82, 2.24) is 0 Å². The fourth-order valence-corrected chi connectivity index (χ4v) is 3.86. The van der Waals surface area contributed by atoms with Gasteiger partial charge >= 0.3 is 0 Å². The summed E-state index contributed by atoms with van der Waals surface area (Å²) >= 11 is 0. The lowest BCUT2D eigenvalue weighted by Crippen LogP contribution is -2.05. The van der Waals surface area contributed by atoms with Gasteiger partial charge in [0.2, 0.25) is 0 Å². The van der Waals surface area contributed by atoms with Crippen LogP contribution in [0.5, 0.6) is 0 Å². The largest absolute Gasteiger partial charge is 0.223 e. The molecule has 0 fully saturated rings. The molecule has 0 heterocycles. The minimum Gasteiger partial charge on any atom is -0.223 e. The summed E-state index contributed by atoms with van der Waals surface area (Å²) < 4.78 is 25.2. The van der Waals surface area contributed by atoms with Crippen LogP contribution in [0.1, 0.15) is 5.56 Å². The van der Waals surface area contributed by atoms with Crippen LogP contribution in [0.15, 0.2) is 89.8 Å². The summed E-state index contributed by atoms with van der Waals surface area (Å²) in [6.45, 7) is 0. The summed E-state index contributed by atoms with van der Waals surface area (Å²) in [4.78, 5) is 0.359. The van der Waals surface area contributed by atoms with Crippen LogP contribution < -0.4 is 0 Å². The molecule has 0 spiro atoms. The van der Waals surface area contributed by atoms with Crippen molar-refractivity contribution in [3.05, 3.63) is 90.5 Å². The molecular weight excluding hydrogens is 292 g/mol. The molecule has 22 heavy (non-hydrogen) atoms. The third-order valence-corrected chi connectivity index (χ3v) is 5.23. The highest BCUT2D eigenvalue weighted by Gasteiger charge is 2.17. The highest BCUT2D eigenvalue weighted by Crippen LogP contribution is 2.26. The molecule has 0 aliphatic heterocycles. The smallest absolute Gasteiger partial charge is 0.182 e. The molecule has 3 rings (SSSR count). The van der Waals surface area contributed by atoms with Gasteiger partial charge in [0.15, 0.2) is 9.84 Å². The topological polar surface area (TPSA) is 34.1 Å². The van der Waals surface area contributed by atoms with E-state index in [4.69, 9.17) is 0 Å². The number of sulfone groups is 1. The summed E-state index contributed by atoms with van der Waals surface area (Å²) in [5.74, 6) is 0.00206. The van der Waals surface area contributed by atoms with Crippen LogP contribution in [-0.4, -0.2) is 8.42 Å². The van der Waals surface area contributed by atoms with Crippen LogP contribution in [0.4, 0.5) is 0 Å². The Morgan fingerprint density at radius 1 is 0.636 bits per heavy atom. The number of hydrogen-bond donors (Lipinski definition) is 0. The van der Waals surface area contributed by atoms with Crippen molar-refractivity contribution in [3.63, 3.8) is 0 Å². The van der Waals surface area contributed by atoms with Crippen molar-refractivity contribution in [2.24, 2.45) is 0 Å². The van der Waals surface area contributed by atoms with Crippen LogP contribution in [0.2, 0.25) is 0 Å². The van der Waals surface area contributed by atoms with Crippen molar-refractivity contribution >= 4 is 9.84 Å². The molecule has 0 unspecified atom stereocenters. The Balaban J connectivity index is 2.01. The van der Waals surface area contributed by atoms with Crippen LogP contribution in [-0.2, 0) is 15.6 Å². The number of hydrogen-bond acceptors (Lipinski definition) is 2. The van der Waals surface area contributed by atoms with Crippen LogP contribution >= 0.6 is 0 Å². The molecule has 3 heteroatoms. The molecule has 110 valence electrons. The third kappa shape index (κ3) is 3.10. The Morgan fingerprint density at radius 3 is 1.86 bits per heavy atom. The molecule has 3 aromatic carbocycles. The maximum Gasteiger partial charge on any atom is 0.182 e. The Bertz CT molecular complexity index is 854. The van der Waals surface area contributed by atoms with Crippen molar-refractivity contribution < 1.29 is 8.42 Å². The minimum absolute atomic E-state index is 0.00206. The molecule has 0 aromatic heterocycles. The molecule has 0 amide bonds. The summed E-state index contributed by atoms with van der Waals surface area (Å²) in [5.41, 5.74) is 2.81. The van der Waals surface area contributed by atoms with E-state index in [2.05, 4.69) is 0 Å². The average Bonchev–Trinajstić information content (AvgIpc) is 2.57. The van der Waals surface area contributed by atoms with Gasteiger partial charge in [-0.15, -0.1) is 0 Å². The first-order chi connectivity index (χ1) is 10.7. The lowest BCUT2D eigenvalue weighted by Gasteiger charge is -2.10. The molecule has 0 atom stereocenters. The van der Waals surface area contributed by atoms with E-state index in [0.29, 0.717) is 4.90 Å². The number of rotatable bonds is 4. The third-order valence-electron chi connectivity index (χ3n) is 3.55. The summed E-state index contributed by atoms with van der Waals surface area (Å²) in [6, 6.07) is 26.1. The predicted octanol–water partition coefficient (Wildman–Crippen LogP) is 4.33. The van der Waals surface area contributed by atoms with Crippen LogP contribution in [0.25, 0.3) is 11.1 Å². The minimum atomic E-state index is -3.34. The molecule has 0 N–H and O–H groups in total. The molecule has 0 bridgehead atoms. The molecule has 0 aliphatic rings. The van der Waals surface area contributed by atoms with E-state index in [0.717, 1.165) is 16.7 Å². The van der Waals surface area contributed by atoms with E-state index < -0.39 is 9.84 Å². The van der Waals surface area contributed by atoms with Gasteiger partial charge in [0.05, 0.1) is 10.6 Å².